The van der Waals surface area contributed by atoms with Crippen LogP contribution in [0, 0.1) is 6.92 Å². The summed E-state index contributed by atoms with van der Waals surface area (Å²) in [6.45, 7) is 13.7. The molecule has 0 aliphatic carbocycles. The summed E-state index contributed by atoms with van der Waals surface area (Å²) in [6, 6.07) is 13.2. The van der Waals surface area contributed by atoms with Crippen LogP contribution < -0.4 is 10.0 Å². The van der Waals surface area contributed by atoms with Gasteiger partial charge in [0.1, 0.15) is 0 Å². The van der Waals surface area contributed by atoms with E-state index in [0.29, 0.717) is 12.1 Å². The quantitative estimate of drug-likeness (QED) is 0.694. The van der Waals surface area contributed by atoms with Crippen molar-refractivity contribution in [2.45, 2.75) is 70.5 Å². The molecule has 2 aromatic carbocycles. The third kappa shape index (κ3) is 5.77. The SMILES string of the molecule is Cc1ccc(S(=O)(=O)NC(C)(C)C)cc1C(=O)NCC(C)(C)N1CCc2ccccc2C1. The molecule has 3 rings (SSSR count). The predicted molar refractivity (Wildman–Crippen MR) is 128 cm³/mol. The van der Waals surface area contributed by atoms with E-state index >= 15 is 0 Å². The lowest BCUT2D eigenvalue weighted by atomic mass is 9.94. The van der Waals surface area contributed by atoms with Gasteiger partial charge in [-0.2, -0.15) is 0 Å². The molecule has 7 heteroatoms. The highest BCUT2D eigenvalue weighted by Crippen LogP contribution is 2.25. The molecule has 0 saturated heterocycles. The minimum Gasteiger partial charge on any atom is -0.350 e. The van der Waals surface area contributed by atoms with Crippen LogP contribution in [0.1, 0.15) is 61.7 Å². The fraction of sp³-hybridized carbons (Fsp3) is 0.480. The summed E-state index contributed by atoms with van der Waals surface area (Å²) < 4.78 is 28.1. The van der Waals surface area contributed by atoms with E-state index < -0.39 is 15.6 Å². The number of carbonyl (C=O) groups is 1. The molecule has 32 heavy (non-hydrogen) atoms. The van der Waals surface area contributed by atoms with Crippen molar-refractivity contribution in [3.8, 4) is 0 Å². The Morgan fingerprint density at radius 3 is 2.34 bits per heavy atom. The number of hydrogen-bond donors (Lipinski definition) is 2. The topological polar surface area (TPSA) is 78.5 Å². The number of carbonyl (C=O) groups excluding carboxylic acids is 1. The van der Waals surface area contributed by atoms with E-state index in [1.807, 2.05) is 6.92 Å². The number of aryl methyl sites for hydroxylation is 1. The van der Waals surface area contributed by atoms with Crippen molar-refractivity contribution in [1.29, 1.82) is 0 Å². The first-order valence-corrected chi connectivity index (χ1v) is 12.5. The lowest BCUT2D eigenvalue weighted by Gasteiger charge is -2.41. The summed E-state index contributed by atoms with van der Waals surface area (Å²) in [5, 5.41) is 3.03. The molecule has 0 atom stereocenters. The highest BCUT2D eigenvalue weighted by atomic mass is 32.2. The Bertz CT molecular complexity index is 1100. The van der Waals surface area contributed by atoms with Gasteiger partial charge in [-0.3, -0.25) is 9.69 Å². The Kier molecular flexibility index (Phi) is 6.84. The van der Waals surface area contributed by atoms with Gasteiger partial charge in [0.15, 0.2) is 0 Å². The standard InChI is InChI=1S/C25H35N3O3S/c1-18-11-12-21(32(30,31)27-24(2,3)4)15-22(18)23(29)26-17-25(5,6)28-14-13-19-9-7-8-10-20(19)16-28/h7-12,15,27H,13-14,16-17H2,1-6H3,(H,26,29). The normalized spacial score (nSPS) is 15.3. The molecule has 0 aromatic heterocycles. The van der Waals surface area contributed by atoms with Crippen LogP contribution in [-0.4, -0.2) is 43.4 Å². The highest BCUT2D eigenvalue weighted by Gasteiger charge is 2.30. The summed E-state index contributed by atoms with van der Waals surface area (Å²) in [7, 11) is -3.72. The molecule has 0 fully saturated rings. The molecule has 2 N–H and O–H groups in total. The van der Waals surface area contributed by atoms with Crippen molar-refractivity contribution in [2.75, 3.05) is 13.1 Å². The summed E-state index contributed by atoms with van der Waals surface area (Å²) in [5.74, 6) is -0.263. The van der Waals surface area contributed by atoms with Gasteiger partial charge in [-0.25, -0.2) is 13.1 Å². The summed E-state index contributed by atoms with van der Waals surface area (Å²) in [5.41, 5.74) is 2.99. The van der Waals surface area contributed by atoms with E-state index in [-0.39, 0.29) is 16.3 Å². The van der Waals surface area contributed by atoms with Gasteiger partial charge in [0.05, 0.1) is 4.90 Å². The van der Waals surface area contributed by atoms with E-state index in [4.69, 9.17) is 0 Å². The number of rotatable bonds is 6. The van der Waals surface area contributed by atoms with Gasteiger partial charge in [0.25, 0.3) is 5.91 Å². The van der Waals surface area contributed by atoms with Crippen molar-refractivity contribution < 1.29 is 13.2 Å². The molecule has 174 valence electrons. The van der Waals surface area contributed by atoms with Crippen LogP contribution in [-0.2, 0) is 23.0 Å². The molecule has 0 bridgehead atoms. The number of nitrogens with zero attached hydrogens (tertiary/aromatic N) is 1. The number of hydrogen-bond acceptors (Lipinski definition) is 4. The third-order valence-corrected chi connectivity index (χ3v) is 7.63. The molecule has 0 unspecified atom stereocenters. The van der Waals surface area contributed by atoms with Crippen LogP contribution in [0.5, 0.6) is 0 Å². The fourth-order valence-corrected chi connectivity index (χ4v) is 5.44. The maximum atomic E-state index is 13.0. The first-order valence-electron chi connectivity index (χ1n) is 11.0. The van der Waals surface area contributed by atoms with E-state index in [1.165, 1.54) is 23.3 Å². The van der Waals surface area contributed by atoms with Gasteiger partial charge in [0.2, 0.25) is 10.0 Å². The average molecular weight is 458 g/mol. The summed E-state index contributed by atoms with van der Waals surface area (Å²) in [4.78, 5) is 15.5. The van der Waals surface area contributed by atoms with Gasteiger partial charge < -0.3 is 5.32 Å². The first kappa shape index (κ1) is 24.4. The lowest BCUT2D eigenvalue weighted by Crippen LogP contribution is -2.53. The Morgan fingerprint density at radius 1 is 1.03 bits per heavy atom. The lowest BCUT2D eigenvalue weighted by molar-refractivity contribution is 0.0825. The number of nitrogens with one attached hydrogen (secondary N) is 2. The second-order valence-electron chi connectivity index (χ2n) is 10.3. The van der Waals surface area contributed by atoms with Crippen LogP contribution >= 0.6 is 0 Å². The molecule has 6 nitrogen and oxygen atoms in total. The molecular weight excluding hydrogens is 422 g/mol. The van der Waals surface area contributed by atoms with Gasteiger partial charge in [-0.05, 0) is 76.8 Å². The van der Waals surface area contributed by atoms with Crippen molar-refractivity contribution >= 4 is 15.9 Å². The minimum absolute atomic E-state index is 0.0927. The first-order chi connectivity index (χ1) is 14.8. The third-order valence-electron chi connectivity index (χ3n) is 5.87. The highest BCUT2D eigenvalue weighted by molar-refractivity contribution is 7.89. The molecule has 2 aromatic rings. The Morgan fingerprint density at radius 2 is 1.69 bits per heavy atom. The van der Waals surface area contributed by atoms with Crippen molar-refractivity contribution in [3.63, 3.8) is 0 Å². The maximum absolute atomic E-state index is 13.0. The van der Waals surface area contributed by atoms with Crippen molar-refractivity contribution in [2.24, 2.45) is 0 Å². The Balaban J connectivity index is 1.72. The summed E-state index contributed by atoms with van der Waals surface area (Å²) in [6.07, 6.45) is 0.993. The number of fused-ring (bicyclic) bond motifs is 1. The van der Waals surface area contributed by atoms with Gasteiger partial charge in [-0.1, -0.05) is 30.3 Å². The minimum atomic E-state index is -3.72. The molecule has 1 heterocycles. The number of benzene rings is 2. The van der Waals surface area contributed by atoms with E-state index in [0.717, 1.165) is 25.1 Å². The van der Waals surface area contributed by atoms with Crippen molar-refractivity contribution in [1.82, 2.24) is 14.9 Å². The molecule has 0 saturated carbocycles. The molecule has 0 radical (unpaired) electrons. The summed E-state index contributed by atoms with van der Waals surface area (Å²) >= 11 is 0. The molecule has 0 spiro atoms. The molecule has 1 amide bonds. The van der Waals surface area contributed by atoms with Crippen LogP contribution in [0.25, 0.3) is 0 Å². The second kappa shape index (κ2) is 8.96. The Labute approximate surface area is 192 Å². The zero-order valence-electron chi connectivity index (χ0n) is 20.0. The Hall–Kier alpha value is -2.22. The molecule has 1 aliphatic heterocycles. The van der Waals surface area contributed by atoms with Crippen molar-refractivity contribution in [3.05, 3.63) is 64.7 Å². The van der Waals surface area contributed by atoms with Gasteiger partial charge >= 0.3 is 0 Å². The second-order valence-corrected chi connectivity index (χ2v) is 12.0. The number of sulfonamides is 1. The zero-order valence-corrected chi connectivity index (χ0v) is 20.8. The van der Waals surface area contributed by atoms with Crippen LogP contribution in [0.15, 0.2) is 47.4 Å². The van der Waals surface area contributed by atoms with Gasteiger partial charge in [-0.15, -0.1) is 0 Å². The van der Waals surface area contributed by atoms with Crippen LogP contribution in [0.4, 0.5) is 0 Å². The fourth-order valence-electron chi connectivity index (χ4n) is 3.99. The molecular formula is C25H35N3O3S. The smallest absolute Gasteiger partial charge is 0.251 e. The van der Waals surface area contributed by atoms with E-state index in [9.17, 15) is 13.2 Å². The predicted octanol–water partition coefficient (Wildman–Crippen LogP) is 3.64. The number of amides is 1. The zero-order chi connectivity index (χ0) is 23.7. The average Bonchev–Trinajstić information content (AvgIpc) is 2.70. The molecule has 1 aliphatic rings. The maximum Gasteiger partial charge on any atom is 0.251 e. The van der Waals surface area contributed by atoms with E-state index in [1.54, 1.807) is 26.8 Å². The van der Waals surface area contributed by atoms with Gasteiger partial charge in [0, 0.05) is 36.3 Å². The van der Waals surface area contributed by atoms with Crippen LogP contribution in [0.3, 0.4) is 0 Å². The van der Waals surface area contributed by atoms with Crippen LogP contribution in [0.2, 0.25) is 0 Å². The largest absolute Gasteiger partial charge is 0.350 e. The monoisotopic (exact) mass is 457 g/mol. The van der Waals surface area contributed by atoms with E-state index in [2.05, 4.69) is 53.1 Å².